The van der Waals surface area contributed by atoms with Gasteiger partial charge in [-0.1, -0.05) is 39.6 Å². The number of H-pyrrole nitrogens is 1. The average molecular weight is 300 g/mol. The van der Waals surface area contributed by atoms with Crippen LogP contribution in [0, 0.1) is 0 Å². The SMILES string of the molecule is CO/N=C(/CCc1nn[nH]n1)c1ccc(Cl)c(Cl)c1. The molecule has 0 spiro atoms. The van der Waals surface area contributed by atoms with Crippen molar-refractivity contribution in [3.05, 3.63) is 39.6 Å². The number of halogens is 2. The van der Waals surface area contributed by atoms with E-state index in [4.69, 9.17) is 28.0 Å². The number of aromatic amines is 1. The van der Waals surface area contributed by atoms with Gasteiger partial charge in [0.25, 0.3) is 0 Å². The molecule has 0 aliphatic carbocycles. The van der Waals surface area contributed by atoms with Crippen LogP contribution in [-0.4, -0.2) is 33.4 Å². The molecule has 100 valence electrons. The Morgan fingerprint density at radius 1 is 1.37 bits per heavy atom. The molecule has 1 heterocycles. The summed E-state index contributed by atoms with van der Waals surface area (Å²) in [4.78, 5) is 4.85. The fourth-order valence-corrected chi connectivity index (χ4v) is 1.85. The van der Waals surface area contributed by atoms with E-state index < -0.39 is 0 Å². The fourth-order valence-electron chi connectivity index (χ4n) is 1.55. The number of nitrogens with one attached hydrogen (secondary N) is 1. The van der Waals surface area contributed by atoms with Crippen molar-refractivity contribution < 1.29 is 4.84 Å². The largest absolute Gasteiger partial charge is 0.399 e. The molecule has 1 aromatic heterocycles. The van der Waals surface area contributed by atoms with Crippen LogP contribution in [0.25, 0.3) is 0 Å². The Bertz CT molecular complexity index is 570. The second kappa shape index (κ2) is 6.49. The van der Waals surface area contributed by atoms with Crippen molar-refractivity contribution in [2.75, 3.05) is 7.11 Å². The predicted molar refractivity (Wildman–Crippen MR) is 72.5 cm³/mol. The number of aromatic nitrogens is 4. The minimum absolute atomic E-state index is 0.475. The van der Waals surface area contributed by atoms with Crippen molar-refractivity contribution in [2.45, 2.75) is 12.8 Å². The second-order valence-electron chi connectivity index (χ2n) is 3.68. The molecule has 0 aliphatic rings. The van der Waals surface area contributed by atoms with Crippen molar-refractivity contribution in [3.8, 4) is 0 Å². The minimum Gasteiger partial charge on any atom is -0.399 e. The third-order valence-corrected chi connectivity index (χ3v) is 3.17. The lowest BCUT2D eigenvalue weighted by molar-refractivity contribution is 0.213. The van der Waals surface area contributed by atoms with E-state index in [9.17, 15) is 0 Å². The second-order valence-corrected chi connectivity index (χ2v) is 4.49. The first-order valence-corrected chi connectivity index (χ1v) is 6.24. The molecule has 2 rings (SSSR count). The van der Waals surface area contributed by atoms with Gasteiger partial charge in [-0.2, -0.15) is 5.21 Å². The van der Waals surface area contributed by atoms with E-state index in [-0.39, 0.29) is 0 Å². The highest BCUT2D eigenvalue weighted by atomic mass is 35.5. The molecule has 0 bridgehead atoms. The van der Waals surface area contributed by atoms with Crippen LogP contribution in [0.2, 0.25) is 10.0 Å². The number of oxime groups is 1. The molecule has 1 aromatic carbocycles. The molecule has 0 fully saturated rings. The molecule has 2 aromatic rings. The number of rotatable bonds is 5. The van der Waals surface area contributed by atoms with E-state index in [0.717, 1.165) is 11.3 Å². The van der Waals surface area contributed by atoms with Gasteiger partial charge in [-0.05, 0) is 12.1 Å². The number of aryl methyl sites for hydroxylation is 1. The van der Waals surface area contributed by atoms with Gasteiger partial charge in [-0.3, -0.25) is 0 Å². The standard InChI is InChI=1S/C11H11Cl2N5O/c1-19-16-10(4-5-11-14-17-18-15-11)7-2-3-8(12)9(13)6-7/h2-3,6H,4-5H2,1H3,(H,14,15,17,18)/b16-10-. The highest BCUT2D eigenvalue weighted by molar-refractivity contribution is 6.42. The molecule has 8 heteroatoms. The van der Waals surface area contributed by atoms with Crippen LogP contribution in [0.4, 0.5) is 0 Å². The highest BCUT2D eigenvalue weighted by Crippen LogP contribution is 2.23. The summed E-state index contributed by atoms with van der Waals surface area (Å²) in [6.45, 7) is 0. The van der Waals surface area contributed by atoms with Gasteiger partial charge in [-0.25, -0.2) is 0 Å². The number of hydrogen-bond donors (Lipinski definition) is 1. The van der Waals surface area contributed by atoms with Crippen molar-refractivity contribution in [1.82, 2.24) is 20.6 Å². The van der Waals surface area contributed by atoms with Crippen LogP contribution >= 0.6 is 23.2 Å². The quantitative estimate of drug-likeness (QED) is 0.680. The first kappa shape index (κ1) is 13.8. The van der Waals surface area contributed by atoms with E-state index in [1.54, 1.807) is 12.1 Å². The van der Waals surface area contributed by atoms with Gasteiger partial charge < -0.3 is 4.84 Å². The predicted octanol–water partition coefficient (Wildman–Crippen LogP) is 2.49. The molecule has 0 saturated carbocycles. The highest BCUT2D eigenvalue weighted by Gasteiger charge is 2.09. The van der Waals surface area contributed by atoms with Crippen LogP contribution < -0.4 is 0 Å². The van der Waals surface area contributed by atoms with Gasteiger partial charge in [0.1, 0.15) is 7.11 Å². The van der Waals surface area contributed by atoms with E-state index in [2.05, 4.69) is 25.8 Å². The van der Waals surface area contributed by atoms with Crippen LogP contribution in [0.3, 0.4) is 0 Å². The molecule has 0 amide bonds. The lowest BCUT2D eigenvalue weighted by atomic mass is 10.1. The maximum absolute atomic E-state index is 5.99. The number of tetrazole rings is 1. The Kier molecular flexibility index (Phi) is 4.70. The topological polar surface area (TPSA) is 76.1 Å². The summed E-state index contributed by atoms with van der Waals surface area (Å²) in [5.41, 5.74) is 1.59. The molecule has 0 aliphatic heterocycles. The van der Waals surface area contributed by atoms with Crippen LogP contribution in [0.1, 0.15) is 17.8 Å². The summed E-state index contributed by atoms with van der Waals surface area (Å²) < 4.78 is 0. The van der Waals surface area contributed by atoms with Crippen LogP contribution in [0.15, 0.2) is 23.4 Å². The molecule has 0 saturated heterocycles. The summed E-state index contributed by atoms with van der Waals surface area (Å²) >= 11 is 11.9. The molecule has 0 atom stereocenters. The van der Waals surface area contributed by atoms with Gasteiger partial charge in [-0.15, -0.1) is 10.2 Å². The Morgan fingerprint density at radius 2 is 2.21 bits per heavy atom. The Balaban J connectivity index is 2.15. The molecule has 0 radical (unpaired) electrons. The van der Waals surface area contributed by atoms with Crippen molar-refractivity contribution >= 4 is 28.9 Å². The first-order valence-electron chi connectivity index (χ1n) is 5.48. The molecule has 1 N–H and O–H groups in total. The number of hydrogen-bond acceptors (Lipinski definition) is 5. The van der Waals surface area contributed by atoms with Crippen molar-refractivity contribution in [1.29, 1.82) is 0 Å². The third-order valence-electron chi connectivity index (χ3n) is 2.43. The minimum atomic E-state index is 0.475. The normalized spacial score (nSPS) is 11.6. The lowest BCUT2D eigenvalue weighted by Gasteiger charge is -2.06. The zero-order valence-electron chi connectivity index (χ0n) is 10.1. The Hall–Kier alpha value is -1.66. The van der Waals surface area contributed by atoms with Gasteiger partial charge in [0.05, 0.1) is 15.8 Å². The zero-order chi connectivity index (χ0) is 13.7. The van der Waals surface area contributed by atoms with Crippen molar-refractivity contribution in [3.63, 3.8) is 0 Å². The number of benzene rings is 1. The molecule has 6 nitrogen and oxygen atoms in total. The maximum atomic E-state index is 5.99. The number of nitrogens with zero attached hydrogens (tertiary/aromatic N) is 4. The zero-order valence-corrected chi connectivity index (χ0v) is 11.6. The Morgan fingerprint density at radius 3 is 2.84 bits per heavy atom. The fraction of sp³-hybridized carbons (Fsp3) is 0.273. The molecule has 0 unspecified atom stereocenters. The van der Waals surface area contributed by atoms with Gasteiger partial charge >= 0.3 is 0 Å². The summed E-state index contributed by atoms with van der Waals surface area (Å²) in [5, 5.41) is 18.6. The van der Waals surface area contributed by atoms with Crippen LogP contribution in [0.5, 0.6) is 0 Å². The monoisotopic (exact) mass is 299 g/mol. The first-order chi connectivity index (χ1) is 9.20. The molecular weight excluding hydrogens is 289 g/mol. The lowest BCUT2D eigenvalue weighted by Crippen LogP contribution is -2.05. The van der Waals surface area contributed by atoms with Crippen molar-refractivity contribution in [2.24, 2.45) is 5.16 Å². The van der Waals surface area contributed by atoms with E-state index in [1.165, 1.54) is 7.11 Å². The Labute approximate surface area is 119 Å². The van der Waals surface area contributed by atoms with Gasteiger partial charge in [0, 0.05) is 18.4 Å². The molecule has 19 heavy (non-hydrogen) atoms. The van der Waals surface area contributed by atoms with Gasteiger partial charge in [0.2, 0.25) is 0 Å². The van der Waals surface area contributed by atoms with Gasteiger partial charge in [0.15, 0.2) is 5.82 Å². The van der Waals surface area contributed by atoms with E-state index in [1.807, 2.05) is 6.07 Å². The van der Waals surface area contributed by atoms with Crippen LogP contribution in [-0.2, 0) is 11.3 Å². The molecular formula is C11H11Cl2N5O. The van der Waals surface area contributed by atoms with E-state index in [0.29, 0.717) is 28.7 Å². The summed E-state index contributed by atoms with van der Waals surface area (Å²) in [6, 6.07) is 5.30. The third kappa shape index (κ3) is 3.65. The maximum Gasteiger partial charge on any atom is 0.174 e. The van der Waals surface area contributed by atoms with E-state index >= 15 is 0 Å². The average Bonchev–Trinajstić information content (AvgIpc) is 2.91. The summed E-state index contributed by atoms with van der Waals surface area (Å²) in [7, 11) is 1.49. The summed E-state index contributed by atoms with van der Waals surface area (Å²) in [6.07, 6.45) is 1.20. The smallest absolute Gasteiger partial charge is 0.174 e. The summed E-state index contributed by atoms with van der Waals surface area (Å²) in [5.74, 6) is 0.615.